The summed E-state index contributed by atoms with van der Waals surface area (Å²) in [4.78, 5) is 28.5. The second-order valence-corrected chi connectivity index (χ2v) is 11.6. The van der Waals surface area contributed by atoms with Gasteiger partial charge in [-0.15, -0.1) is 0 Å². The first kappa shape index (κ1) is 34.0. The van der Waals surface area contributed by atoms with Gasteiger partial charge in [-0.25, -0.2) is 4.79 Å². The second-order valence-electron chi connectivity index (χ2n) is 11.6. The van der Waals surface area contributed by atoms with Crippen LogP contribution in [0.2, 0.25) is 0 Å². The molecule has 4 unspecified atom stereocenters. The van der Waals surface area contributed by atoms with Gasteiger partial charge < -0.3 is 33.5 Å². The van der Waals surface area contributed by atoms with Crippen LogP contribution >= 0.6 is 0 Å². The Labute approximate surface area is 237 Å². The maximum absolute atomic E-state index is 12.3. The molecular formula is C30H46O10. The number of benzene rings is 1. The Bertz CT molecular complexity index is 924. The molecule has 0 radical (unpaired) electrons. The number of hydrogen-bond donors (Lipinski definition) is 1. The van der Waals surface area contributed by atoms with Crippen LogP contribution in [0.25, 0.3) is 0 Å². The van der Waals surface area contributed by atoms with E-state index in [2.05, 4.69) is 0 Å². The highest BCUT2D eigenvalue weighted by molar-refractivity contribution is 5.71. The lowest BCUT2D eigenvalue weighted by Gasteiger charge is -2.48. The van der Waals surface area contributed by atoms with Gasteiger partial charge in [0.15, 0.2) is 12.6 Å². The van der Waals surface area contributed by atoms with E-state index < -0.39 is 42.5 Å². The maximum Gasteiger partial charge on any atom is 0.373 e. The van der Waals surface area contributed by atoms with Crippen LogP contribution in [0.4, 0.5) is 0 Å². The summed E-state index contributed by atoms with van der Waals surface area (Å²) in [5, 5.41) is 10.6. The molecule has 1 N–H and O–H groups in total. The lowest BCUT2D eigenvalue weighted by molar-refractivity contribution is -0.338. The zero-order chi connectivity index (χ0) is 30.0. The molecule has 0 aromatic heterocycles. The van der Waals surface area contributed by atoms with Crippen molar-refractivity contribution in [1.82, 2.24) is 0 Å². The van der Waals surface area contributed by atoms with Crippen LogP contribution in [0.1, 0.15) is 67.4 Å². The van der Waals surface area contributed by atoms with Gasteiger partial charge in [-0.3, -0.25) is 0 Å². The highest BCUT2D eigenvalue weighted by atomic mass is 16.7. The molecular weight excluding hydrogens is 520 g/mol. The molecule has 0 bridgehead atoms. The molecule has 2 saturated heterocycles. The van der Waals surface area contributed by atoms with Crippen molar-refractivity contribution >= 4 is 12.1 Å². The highest BCUT2D eigenvalue weighted by Gasteiger charge is 2.48. The molecule has 40 heavy (non-hydrogen) atoms. The number of hydrogen-bond acceptors (Lipinski definition) is 10. The van der Waals surface area contributed by atoms with Gasteiger partial charge in [0.05, 0.1) is 31.0 Å². The van der Waals surface area contributed by atoms with Crippen molar-refractivity contribution in [3.63, 3.8) is 0 Å². The minimum Gasteiger partial charge on any atom is -0.458 e. The van der Waals surface area contributed by atoms with Crippen molar-refractivity contribution in [3.8, 4) is 0 Å². The van der Waals surface area contributed by atoms with E-state index in [0.29, 0.717) is 13.0 Å². The van der Waals surface area contributed by atoms with E-state index in [1.54, 1.807) is 0 Å². The Balaban J connectivity index is 0.00000178. The van der Waals surface area contributed by atoms with Crippen molar-refractivity contribution in [2.24, 2.45) is 17.8 Å². The van der Waals surface area contributed by atoms with Gasteiger partial charge in [0.25, 0.3) is 0 Å². The lowest BCUT2D eigenvalue weighted by Crippen LogP contribution is -2.59. The average molecular weight is 567 g/mol. The summed E-state index contributed by atoms with van der Waals surface area (Å²) in [6.45, 7) is 15.6. The summed E-state index contributed by atoms with van der Waals surface area (Å²) < 4.78 is 36.7. The van der Waals surface area contributed by atoms with Gasteiger partial charge in [-0.05, 0) is 45.6 Å². The molecule has 10 heteroatoms. The van der Waals surface area contributed by atoms with E-state index in [9.17, 15) is 9.90 Å². The molecule has 0 amide bonds. The van der Waals surface area contributed by atoms with Gasteiger partial charge in [0.1, 0.15) is 18.3 Å². The summed E-state index contributed by atoms with van der Waals surface area (Å²) in [6.07, 6.45) is -2.27. The van der Waals surface area contributed by atoms with Crippen LogP contribution in [0.15, 0.2) is 30.3 Å². The third kappa shape index (κ3) is 9.73. The maximum atomic E-state index is 12.3. The zero-order valence-electron chi connectivity index (χ0n) is 24.9. The molecule has 2 heterocycles. The summed E-state index contributed by atoms with van der Waals surface area (Å²) in [5.41, 5.74) is 0.453. The average Bonchev–Trinajstić information content (AvgIpc) is 2.89. The summed E-state index contributed by atoms with van der Waals surface area (Å²) in [7, 11) is 0. The van der Waals surface area contributed by atoms with Crippen LogP contribution in [0, 0.1) is 17.8 Å². The van der Waals surface area contributed by atoms with Crippen LogP contribution in [-0.2, 0) is 49.4 Å². The number of ether oxygens (including phenoxy) is 6. The van der Waals surface area contributed by atoms with Crippen molar-refractivity contribution in [1.29, 1.82) is 0 Å². The summed E-state index contributed by atoms with van der Waals surface area (Å²) >= 11 is 0. The Kier molecular flexibility index (Phi) is 13.4. The highest BCUT2D eigenvalue weighted by Crippen LogP contribution is 2.37. The van der Waals surface area contributed by atoms with E-state index in [0.717, 1.165) is 5.56 Å². The Hall–Kier alpha value is -2.17. The second kappa shape index (κ2) is 15.7. The standard InChI is InChI=1S/C29H46O8.CO2/c1-9-22-24(31)17(2)18(3)28(35-22)36-26-20(5)34-27(33-16-23(30)37-29(6,7)8)19(4)25(26)32-15-21-13-11-10-12-14-21;2-1-3/h10-14,17-20,22,24-28,31H,9,15-16H2,1-8H3;/t17-,18?,19?,20?,22?,24+,25+,26-,27-,28-;/m1./s1. The van der Waals surface area contributed by atoms with Gasteiger partial charge in [0.2, 0.25) is 0 Å². The summed E-state index contributed by atoms with van der Waals surface area (Å²) in [5.74, 6) is -0.680. The predicted molar refractivity (Wildman–Crippen MR) is 143 cm³/mol. The molecule has 2 fully saturated rings. The number of aliphatic hydroxyl groups is 1. The van der Waals surface area contributed by atoms with Gasteiger partial charge in [-0.2, -0.15) is 9.59 Å². The molecule has 3 rings (SSSR count). The first-order chi connectivity index (χ1) is 18.8. The molecule has 0 aliphatic carbocycles. The van der Waals surface area contributed by atoms with E-state index >= 15 is 0 Å². The van der Waals surface area contributed by atoms with Gasteiger partial charge >= 0.3 is 12.1 Å². The van der Waals surface area contributed by atoms with E-state index in [1.165, 1.54) is 0 Å². The molecule has 1 aromatic rings. The summed E-state index contributed by atoms with van der Waals surface area (Å²) in [6, 6.07) is 9.95. The van der Waals surface area contributed by atoms with Crippen molar-refractivity contribution in [2.75, 3.05) is 6.61 Å². The van der Waals surface area contributed by atoms with Crippen LogP contribution in [-0.4, -0.2) is 72.5 Å². The monoisotopic (exact) mass is 566 g/mol. The van der Waals surface area contributed by atoms with E-state index in [1.807, 2.05) is 85.7 Å². The minimum atomic E-state index is -0.669. The minimum absolute atomic E-state index is 0.0174. The smallest absolute Gasteiger partial charge is 0.373 e. The largest absolute Gasteiger partial charge is 0.458 e. The number of aliphatic hydroxyl groups excluding tert-OH is 1. The van der Waals surface area contributed by atoms with Crippen LogP contribution in [0.5, 0.6) is 0 Å². The Morgan fingerprint density at radius 2 is 1.55 bits per heavy atom. The molecule has 2 aliphatic rings. The van der Waals surface area contributed by atoms with Crippen molar-refractivity contribution in [3.05, 3.63) is 35.9 Å². The van der Waals surface area contributed by atoms with Gasteiger partial charge in [0, 0.05) is 11.8 Å². The van der Waals surface area contributed by atoms with E-state index in [4.69, 9.17) is 38.0 Å². The van der Waals surface area contributed by atoms with E-state index in [-0.39, 0.29) is 42.7 Å². The fourth-order valence-electron chi connectivity index (χ4n) is 4.97. The third-order valence-electron chi connectivity index (χ3n) is 7.33. The SMILES string of the molecule is CCC1O[C@H](O[C@@H]2C(C)O[C@@H](OCC(=O)OC(C)(C)C)C(C)[C@@H]2OCc2ccccc2)C(C)[C@@H](C)[C@@H]1O.O=C=O. The molecule has 0 saturated carbocycles. The molecule has 10 atom stereocenters. The number of esters is 1. The number of carbonyl (C=O) groups excluding carboxylic acids is 3. The predicted octanol–water partition coefficient (Wildman–Crippen LogP) is 3.88. The fourth-order valence-corrected chi connectivity index (χ4v) is 4.97. The first-order valence-electron chi connectivity index (χ1n) is 14.0. The number of carbonyl (C=O) groups is 1. The topological polar surface area (TPSA) is 127 Å². The zero-order valence-corrected chi connectivity index (χ0v) is 24.9. The van der Waals surface area contributed by atoms with Crippen molar-refractivity contribution in [2.45, 2.75) is 117 Å². The molecule has 10 nitrogen and oxygen atoms in total. The number of rotatable bonds is 9. The Morgan fingerprint density at radius 3 is 2.12 bits per heavy atom. The lowest BCUT2D eigenvalue weighted by atomic mass is 9.83. The van der Waals surface area contributed by atoms with Crippen LogP contribution < -0.4 is 0 Å². The van der Waals surface area contributed by atoms with Crippen molar-refractivity contribution < 1.29 is 47.9 Å². The Morgan fingerprint density at radius 1 is 0.925 bits per heavy atom. The molecule has 226 valence electrons. The third-order valence-corrected chi connectivity index (χ3v) is 7.33. The fraction of sp³-hybridized carbons (Fsp3) is 0.733. The first-order valence-corrected chi connectivity index (χ1v) is 14.0. The van der Waals surface area contributed by atoms with Crippen LogP contribution in [0.3, 0.4) is 0 Å². The molecule has 0 spiro atoms. The molecule has 1 aromatic carbocycles. The molecule has 2 aliphatic heterocycles. The normalized spacial score (nSPS) is 34.2. The van der Waals surface area contributed by atoms with Gasteiger partial charge in [-0.1, -0.05) is 58.0 Å². The quantitative estimate of drug-likeness (QED) is 0.440.